The molecule has 11 nitrogen and oxygen atoms in total. The summed E-state index contributed by atoms with van der Waals surface area (Å²) in [5.74, 6) is -18.6. The summed E-state index contributed by atoms with van der Waals surface area (Å²) in [6.45, 7) is -1.08. The molecule has 0 amide bonds. The molecule has 2 heterocycles. The number of anilines is 2. The van der Waals surface area contributed by atoms with E-state index in [0.29, 0.717) is 0 Å². The number of aromatic nitrogens is 3. The first-order chi connectivity index (χ1) is 18.6. The second-order valence-electron chi connectivity index (χ2n) is 7.80. The van der Waals surface area contributed by atoms with Crippen LogP contribution in [-0.2, 0) is 23.8 Å². The van der Waals surface area contributed by atoms with Crippen molar-refractivity contribution in [2.24, 2.45) is 10.9 Å². The molecule has 1 aromatic heterocycles. The fourth-order valence-corrected chi connectivity index (χ4v) is 3.88. The van der Waals surface area contributed by atoms with Gasteiger partial charge in [-0.05, 0) is 6.92 Å². The Morgan fingerprint density at radius 3 is 2.26 bits per heavy atom. The van der Waals surface area contributed by atoms with Crippen LogP contribution in [0.1, 0.15) is 18.4 Å². The molecule has 1 aliphatic heterocycles. The van der Waals surface area contributed by atoms with Gasteiger partial charge in [0.25, 0.3) is 0 Å². The predicted molar refractivity (Wildman–Crippen MR) is 122 cm³/mol. The number of aromatic amines is 1. The molecule has 0 saturated heterocycles. The summed E-state index contributed by atoms with van der Waals surface area (Å²) >= 11 is 0. The number of carbonyl (C=O) groups excluding carboxylic acids is 2. The minimum Gasteiger partial charge on any atom is -0.468 e. The Balaban J connectivity index is 2.10. The normalized spacial score (nSPS) is 17.2. The van der Waals surface area contributed by atoms with Gasteiger partial charge >= 0.3 is 11.9 Å². The number of aliphatic imine (C=N–C) groups is 1. The maximum atomic E-state index is 15.0. The Kier molecular flexibility index (Phi) is 9.50. The molecule has 0 fully saturated rings. The van der Waals surface area contributed by atoms with E-state index in [4.69, 9.17) is 15.2 Å². The van der Waals surface area contributed by atoms with Crippen LogP contribution in [0.3, 0.4) is 0 Å². The van der Waals surface area contributed by atoms with Crippen molar-refractivity contribution in [1.29, 1.82) is 0 Å². The molecule has 3 rings (SSSR count). The van der Waals surface area contributed by atoms with Gasteiger partial charge in [-0.3, -0.25) is 9.79 Å². The Hall–Kier alpha value is -4.15. The summed E-state index contributed by atoms with van der Waals surface area (Å²) in [5, 5.41) is 8.85. The number of methoxy groups -OCH3 is 1. The standard InChI is InChI=1S/C22H22F6N6O5/c1-3-39-20(36)11-9(7-38-5-4-30-22-32-21(29)33-34-22)31-8(6-23)10(19(35)37-2)12(11)13-14(24)16(26)18(28)17(27)15(13)25/h10,12H,3-7H2,1-2H3,(H4,29,30,32,33,34). The Morgan fingerprint density at radius 2 is 1.72 bits per heavy atom. The Labute approximate surface area is 216 Å². The SMILES string of the molecule is CCOC(=O)C1=C(COCCNc2n[nH]c(N)n2)N=C(CF)C(C(=O)OC)C1c1c(F)c(F)c(F)c(F)c1F. The molecule has 2 unspecified atom stereocenters. The molecule has 0 saturated carbocycles. The lowest BCUT2D eigenvalue weighted by Gasteiger charge is -2.32. The topological polar surface area (TPSA) is 154 Å². The third kappa shape index (κ3) is 5.97. The lowest BCUT2D eigenvalue weighted by molar-refractivity contribution is -0.144. The fourth-order valence-electron chi connectivity index (χ4n) is 3.88. The van der Waals surface area contributed by atoms with Gasteiger partial charge in [-0.25, -0.2) is 36.2 Å². The minimum atomic E-state index is -2.47. The van der Waals surface area contributed by atoms with Crippen molar-refractivity contribution in [2.75, 3.05) is 51.2 Å². The van der Waals surface area contributed by atoms with Crippen molar-refractivity contribution < 1.29 is 50.1 Å². The number of nitrogen functional groups attached to an aromatic ring is 1. The maximum Gasteiger partial charge on any atom is 0.336 e. The van der Waals surface area contributed by atoms with Crippen LogP contribution in [0.2, 0.25) is 0 Å². The smallest absolute Gasteiger partial charge is 0.336 e. The van der Waals surface area contributed by atoms with E-state index in [1.807, 2.05) is 0 Å². The number of carbonyl (C=O) groups is 2. The van der Waals surface area contributed by atoms with Crippen LogP contribution in [0.25, 0.3) is 0 Å². The second kappa shape index (κ2) is 12.6. The highest BCUT2D eigenvalue weighted by atomic mass is 19.2. The van der Waals surface area contributed by atoms with Gasteiger partial charge in [-0.1, -0.05) is 0 Å². The van der Waals surface area contributed by atoms with Gasteiger partial charge in [0.2, 0.25) is 17.7 Å². The second-order valence-corrected chi connectivity index (χ2v) is 7.80. The molecule has 39 heavy (non-hydrogen) atoms. The van der Waals surface area contributed by atoms with Gasteiger partial charge in [0, 0.05) is 18.0 Å². The molecule has 0 bridgehead atoms. The number of halogens is 6. The minimum absolute atomic E-state index is 0.0391. The molecule has 0 radical (unpaired) electrons. The first-order valence-corrected chi connectivity index (χ1v) is 11.2. The van der Waals surface area contributed by atoms with E-state index in [1.54, 1.807) is 0 Å². The van der Waals surface area contributed by atoms with Gasteiger partial charge in [0.15, 0.2) is 23.3 Å². The van der Waals surface area contributed by atoms with Crippen LogP contribution in [0.4, 0.5) is 38.2 Å². The quantitative estimate of drug-likeness (QED) is 0.123. The molecule has 1 aromatic carbocycles. The highest BCUT2D eigenvalue weighted by molar-refractivity contribution is 6.08. The van der Waals surface area contributed by atoms with Crippen molar-refractivity contribution >= 4 is 29.5 Å². The van der Waals surface area contributed by atoms with E-state index in [2.05, 4.69) is 30.2 Å². The number of benzene rings is 1. The van der Waals surface area contributed by atoms with Gasteiger partial charge < -0.3 is 25.3 Å². The van der Waals surface area contributed by atoms with E-state index in [0.717, 1.165) is 7.11 Å². The summed E-state index contributed by atoms with van der Waals surface area (Å²) < 4.78 is 101. The summed E-state index contributed by atoms with van der Waals surface area (Å²) in [6.07, 6.45) is 0. The monoisotopic (exact) mass is 564 g/mol. The Bertz CT molecular complexity index is 1290. The average molecular weight is 564 g/mol. The summed E-state index contributed by atoms with van der Waals surface area (Å²) in [7, 11) is 0.842. The number of hydrogen-bond acceptors (Lipinski definition) is 10. The third-order valence-corrected chi connectivity index (χ3v) is 5.51. The molecule has 1 aliphatic rings. The first kappa shape index (κ1) is 29.4. The number of nitrogens with one attached hydrogen (secondary N) is 2. The van der Waals surface area contributed by atoms with Crippen molar-refractivity contribution in [2.45, 2.75) is 12.8 Å². The van der Waals surface area contributed by atoms with Crippen LogP contribution < -0.4 is 11.1 Å². The number of nitrogens with two attached hydrogens (primary N) is 1. The number of esters is 2. The van der Waals surface area contributed by atoms with Crippen molar-refractivity contribution in [1.82, 2.24) is 15.2 Å². The number of rotatable bonds is 11. The zero-order chi connectivity index (χ0) is 28.9. The Morgan fingerprint density at radius 1 is 1.08 bits per heavy atom. The van der Waals surface area contributed by atoms with Gasteiger partial charge in [0.05, 0.1) is 43.9 Å². The lowest BCUT2D eigenvalue weighted by atomic mass is 9.74. The van der Waals surface area contributed by atoms with E-state index >= 15 is 0 Å². The number of alkyl halides is 1. The molecule has 4 N–H and O–H groups in total. The highest BCUT2D eigenvalue weighted by Gasteiger charge is 2.48. The molecule has 2 aromatic rings. The molecule has 17 heteroatoms. The summed E-state index contributed by atoms with van der Waals surface area (Å²) in [4.78, 5) is 33.3. The van der Waals surface area contributed by atoms with E-state index in [1.165, 1.54) is 6.92 Å². The van der Waals surface area contributed by atoms with Gasteiger partial charge in [0.1, 0.15) is 12.6 Å². The van der Waals surface area contributed by atoms with Crippen LogP contribution >= 0.6 is 0 Å². The molecular formula is C22H22F6N6O5. The number of H-pyrrole nitrogens is 1. The van der Waals surface area contributed by atoms with Crippen LogP contribution in [0.15, 0.2) is 16.3 Å². The summed E-state index contributed by atoms with van der Waals surface area (Å²) in [6, 6.07) is 0. The van der Waals surface area contributed by atoms with Gasteiger partial charge in [-0.15, -0.1) is 5.10 Å². The van der Waals surface area contributed by atoms with Crippen LogP contribution in [0, 0.1) is 35.0 Å². The largest absolute Gasteiger partial charge is 0.468 e. The maximum absolute atomic E-state index is 15.0. The van der Waals surface area contributed by atoms with E-state index < -0.39 is 88.7 Å². The van der Waals surface area contributed by atoms with Crippen molar-refractivity contribution in [3.8, 4) is 0 Å². The fraction of sp³-hybridized carbons (Fsp3) is 0.409. The zero-order valence-corrected chi connectivity index (χ0v) is 20.4. The molecular weight excluding hydrogens is 542 g/mol. The lowest BCUT2D eigenvalue weighted by Crippen LogP contribution is -2.40. The average Bonchev–Trinajstić information content (AvgIpc) is 3.34. The molecule has 0 aliphatic carbocycles. The molecule has 212 valence electrons. The van der Waals surface area contributed by atoms with Crippen LogP contribution in [-0.4, -0.2) is 73.0 Å². The first-order valence-electron chi connectivity index (χ1n) is 11.2. The predicted octanol–water partition coefficient (Wildman–Crippen LogP) is 2.33. The summed E-state index contributed by atoms with van der Waals surface area (Å²) in [5.41, 5.74) is 1.91. The third-order valence-electron chi connectivity index (χ3n) is 5.51. The van der Waals surface area contributed by atoms with Crippen molar-refractivity contribution in [3.05, 3.63) is 45.9 Å². The highest BCUT2D eigenvalue weighted by Crippen LogP contribution is 2.43. The zero-order valence-electron chi connectivity index (χ0n) is 20.4. The van der Waals surface area contributed by atoms with Crippen LogP contribution in [0.5, 0.6) is 0 Å². The number of hydrogen-bond donors (Lipinski definition) is 3. The number of ether oxygens (including phenoxy) is 3. The van der Waals surface area contributed by atoms with E-state index in [-0.39, 0.29) is 31.7 Å². The van der Waals surface area contributed by atoms with Gasteiger partial charge in [-0.2, -0.15) is 4.98 Å². The molecule has 0 spiro atoms. The van der Waals surface area contributed by atoms with Crippen molar-refractivity contribution in [3.63, 3.8) is 0 Å². The molecule has 2 atom stereocenters. The van der Waals surface area contributed by atoms with E-state index in [9.17, 15) is 35.9 Å². The number of nitrogens with zero attached hydrogens (tertiary/aromatic N) is 3.